The molecule has 1 rings (SSSR count). The summed E-state index contributed by atoms with van der Waals surface area (Å²) in [5.74, 6) is 0. The monoisotopic (exact) mass is 304 g/mol. The summed E-state index contributed by atoms with van der Waals surface area (Å²) in [5.41, 5.74) is 3.82. The summed E-state index contributed by atoms with van der Waals surface area (Å²) in [4.78, 5) is 12.9. The number of alkyl halides is 3. The van der Waals surface area contributed by atoms with Gasteiger partial charge in [-0.15, -0.1) is 0 Å². The Morgan fingerprint density at radius 3 is 2.33 bits per heavy atom. The Balaban J connectivity index is 2.95. The number of amides is 1. The highest BCUT2D eigenvalue weighted by molar-refractivity contribution is 5.68. The molecule has 0 aliphatic carbocycles. The molecule has 0 aliphatic heterocycles. The fourth-order valence-electron chi connectivity index (χ4n) is 1.66. The molecule has 0 atom stereocenters. The third kappa shape index (κ3) is 5.17. The number of anilines is 1. The summed E-state index contributed by atoms with van der Waals surface area (Å²) in [6, 6.07) is 3.49. The van der Waals surface area contributed by atoms with E-state index in [1.165, 1.54) is 19.2 Å². The molecule has 0 saturated carbocycles. The maximum atomic E-state index is 13.0. The Bertz CT molecular complexity index is 522. The van der Waals surface area contributed by atoms with E-state index in [0.29, 0.717) is 0 Å². The predicted octanol–water partition coefficient (Wildman–Crippen LogP) is 3.65. The highest BCUT2D eigenvalue weighted by atomic mass is 19.4. The summed E-state index contributed by atoms with van der Waals surface area (Å²) in [6.07, 6.45) is -5.22. The van der Waals surface area contributed by atoms with E-state index >= 15 is 0 Å². The van der Waals surface area contributed by atoms with E-state index in [1.54, 1.807) is 20.8 Å². The van der Waals surface area contributed by atoms with Gasteiger partial charge >= 0.3 is 12.3 Å². The van der Waals surface area contributed by atoms with Crippen molar-refractivity contribution in [2.75, 3.05) is 12.8 Å². The van der Waals surface area contributed by atoms with Crippen molar-refractivity contribution in [1.82, 2.24) is 4.90 Å². The van der Waals surface area contributed by atoms with Crippen molar-refractivity contribution in [2.24, 2.45) is 0 Å². The van der Waals surface area contributed by atoms with Crippen molar-refractivity contribution in [3.05, 3.63) is 29.3 Å². The van der Waals surface area contributed by atoms with Crippen LogP contribution in [0.1, 0.15) is 31.9 Å². The fraction of sp³-hybridized carbons (Fsp3) is 0.500. The quantitative estimate of drug-likeness (QED) is 0.848. The van der Waals surface area contributed by atoms with E-state index in [-0.39, 0.29) is 17.8 Å². The summed E-state index contributed by atoms with van der Waals surface area (Å²) < 4.78 is 44.0. The molecule has 1 aromatic rings. The lowest BCUT2D eigenvalue weighted by atomic mass is 10.1. The molecule has 0 saturated heterocycles. The van der Waals surface area contributed by atoms with E-state index in [9.17, 15) is 18.0 Å². The molecule has 21 heavy (non-hydrogen) atoms. The number of rotatable bonds is 2. The Morgan fingerprint density at radius 2 is 1.86 bits per heavy atom. The van der Waals surface area contributed by atoms with Crippen LogP contribution in [0, 0.1) is 0 Å². The molecule has 0 aromatic heterocycles. The normalized spacial score (nSPS) is 12.1. The lowest BCUT2D eigenvalue weighted by molar-refractivity contribution is -0.138. The van der Waals surface area contributed by atoms with Gasteiger partial charge in [0.25, 0.3) is 0 Å². The molecule has 4 nitrogen and oxygen atoms in total. The van der Waals surface area contributed by atoms with Crippen LogP contribution < -0.4 is 5.73 Å². The predicted molar refractivity (Wildman–Crippen MR) is 73.6 cm³/mol. The topological polar surface area (TPSA) is 55.6 Å². The van der Waals surface area contributed by atoms with Gasteiger partial charge in [0.15, 0.2) is 0 Å². The lowest BCUT2D eigenvalue weighted by Gasteiger charge is -2.25. The zero-order chi connectivity index (χ0) is 16.4. The van der Waals surface area contributed by atoms with Crippen molar-refractivity contribution in [3.63, 3.8) is 0 Å². The molecule has 1 amide bonds. The lowest BCUT2D eigenvalue weighted by Crippen LogP contribution is -2.34. The van der Waals surface area contributed by atoms with Crippen LogP contribution in [-0.4, -0.2) is 23.6 Å². The van der Waals surface area contributed by atoms with Gasteiger partial charge in [0, 0.05) is 19.3 Å². The number of hydrogen-bond donors (Lipinski definition) is 1. The van der Waals surface area contributed by atoms with Crippen LogP contribution in [0.4, 0.5) is 23.7 Å². The second-order valence-electron chi connectivity index (χ2n) is 5.75. The third-order valence-corrected chi connectivity index (χ3v) is 2.55. The van der Waals surface area contributed by atoms with Gasteiger partial charge in [0.1, 0.15) is 5.60 Å². The van der Waals surface area contributed by atoms with Crippen LogP contribution in [0.3, 0.4) is 0 Å². The average molecular weight is 304 g/mol. The Labute approximate surface area is 121 Å². The maximum Gasteiger partial charge on any atom is 0.416 e. The zero-order valence-electron chi connectivity index (χ0n) is 12.4. The van der Waals surface area contributed by atoms with Crippen molar-refractivity contribution < 1.29 is 22.7 Å². The van der Waals surface area contributed by atoms with E-state index in [0.717, 1.165) is 11.0 Å². The van der Waals surface area contributed by atoms with Gasteiger partial charge in [-0.25, -0.2) is 4.79 Å². The van der Waals surface area contributed by atoms with E-state index in [2.05, 4.69) is 0 Å². The number of hydrogen-bond acceptors (Lipinski definition) is 3. The van der Waals surface area contributed by atoms with E-state index in [1.807, 2.05) is 0 Å². The van der Waals surface area contributed by atoms with Crippen molar-refractivity contribution in [3.8, 4) is 0 Å². The van der Waals surface area contributed by atoms with Crippen LogP contribution in [0.25, 0.3) is 0 Å². The van der Waals surface area contributed by atoms with Gasteiger partial charge in [0.05, 0.1) is 5.56 Å². The third-order valence-electron chi connectivity index (χ3n) is 2.55. The maximum absolute atomic E-state index is 13.0. The molecule has 0 spiro atoms. The number of nitrogens with zero attached hydrogens (tertiary/aromatic N) is 1. The van der Waals surface area contributed by atoms with Crippen molar-refractivity contribution in [2.45, 2.75) is 39.1 Å². The molecule has 0 aliphatic rings. The van der Waals surface area contributed by atoms with Crippen LogP contribution in [0.2, 0.25) is 0 Å². The largest absolute Gasteiger partial charge is 0.444 e. The first-order valence-corrected chi connectivity index (χ1v) is 6.30. The molecule has 0 fully saturated rings. The standard InChI is InChI=1S/C14H19F3N2O2/c1-13(2,3)21-12(20)19(4)8-9-5-6-10(18)7-11(9)14(15,16)17/h5-7H,8,18H2,1-4H3. The Kier molecular flexibility index (Phi) is 4.76. The number of carbonyl (C=O) groups is 1. The molecule has 118 valence electrons. The first kappa shape index (κ1) is 17.1. The first-order valence-electron chi connectivity index (χ1n) is 6.30. The molecule has 0 heterocycles. The first-order chi connectivity index (χ1) is 9.40. The number of ether oxygens (including phenoxy) is 1. The number of carbonyl (C=O) groups excluding carboxylic acids is 1. The Hall–Kier alpha value is -1.92. The highest BCUT2D eigenvalue weighted by Crippen LogP contribution is 2.33. The number of nitrogen functional groups attached to an aromatic ring is 1. The number of halogens is 3. The van der Waals surface area contributed by atoms with E-state index < -0.39 is 23.4 Å². The molecule has 1 aromatic carbocycles. The number of benzene rings is 1. The molecular weight excluding hydrogens is 285 g/mol. The highest BCUT2D eigenvalue weighted by Gasteiger charge is 2.34. The number of nitrogens with two attached hydrogens (primary N) is 1. The fourth-order valence-corrected chi connectivity index (χ4v) is 1.66. The minimum atomic E-state index is -4.53. The zero-order valence-corrected chi connectivity index (χ0v) is 12.4. The summed E-state index contributed by atoms with van der Waals surface area (Å²) in [7, 11) is 1.38. The summed E-state index contributed by atoms with van der Waals surface area (Å²) in [6.45, 7) is 4.83. The summed E-state index contributed by atoms with van der Waals surface area (Å²) in [5, 5.41) is 0. The van der Waals surface area contributed by atoms with Crippen LogP contribution in [-0.2, 0) is 17.5 Å². The molecular formula is C14H19F3N2O2. The van der Waals surface area contributed by atoms with Gasteiger partial charge in [-0.05, 0) is 38.5 Å². The van der Waals surface area contributed by atoms with Gasteiger partial charge in [-0.1, -0.05) is 6.07 Å². The summed E-state index contributed by atoms with van der Waals surface area (Å²) >= 11 is 0. The van der Waals surface area contributed by atoms with Gasteiger partial charge in [-0.2, -0.15) is 13.2 Å². The van der Waals surface area contributed by atoms with E-state index in [4.69, 9.17) is 10.5 Å². The second kappa shape index (κ2) is 5.83. The van der Waals surface area contributed by atoms with Gasteiger partial charge in [-0.3, -0.25) is 0 Å². The molecule has 7 heteroatoms. The van der Waals surface area contributed by atoms with Gasteiger partial charge in [0.2, 0.25) is 0 Å². The average Bonchev–Trinajstić information content (AvgIpc) is 2.27. The van der Waals surface area contributed by atoms with Crippen molar-refractivity contribution >= 4 is 11.8 Å². The minimum absolute atomic E-state index is 0.0194. The van der Waals surface area contributed by atoms with Crippen LogP contribution in [0.15, 0.2) is 18.2 Å². The van der Waals surface area contributed by atoms with Crippen molar-refractivity contribution in [1.29, 1.82) is 0 Å². The van der Waals surface area contributed by atoms with Crippen LogP contribution >= 0.6 is 0 Å². The molecule has 0 radical (unpaired) electrons. The SMILES string of the molecule is CN(Cc1ccc(N)cc1C(F)(F)F)C(=O)OC(C)(C)C. The van der Waals surface area contributed by atoms with Crippen LogP contribution in [0.5, 0.6) is 0 Å². The molecule has 0 unspecified atom stereocenters. The Morgan fingerprint density at radius 1 is 1.29 bits per heavy atom. The molecule has 2 N–H and O–H groups in total. The smallest absolute Gasteiger partial charge is 0.416 e. The minimum Gasteiger partial charge on any atom is -0.444 e. The second-order valence-corrected chi connectivity index (χ2v) is 5.75. The molecule has 0 bridgehead atoms. The van der Waals surface area contributed by atoms with Gasteiger partial charge < -0.3 is 15.4 Å².